The van der Waals surface area contributed by atoms with E-state index in [1.165, 1.54) is 13.8 Å². The second-order valence-corrected chi connectivity index (χ2v) is 7.23. The van der Waals surface area contributed by atoms with E-state index in [0.29, 0.717) is 0 Å². The summed E-state index contributed by atoms with van der Waals surface area (Å²) < 4.78 is 59.6. The van der Waals surface area contributed by atoms with E-state index in [-0.39, 0.29) is 43.3 Å². The van der Waals surface area contributed by atoms with E-state index in [1.807, 2.05) is 72.8 Å². The smallest absolute Gasteiger partial charge is 0.509 e. The summed E-state index contributed by atoms with van der Waals surface area (Å²) >= 11 is 9.15. The van der Waals surface area contributed by atoms with E-state index in [1.54, 1.807) is 0 Å². The van der Waals surface area contributed by atoms with Gasteiger partial charge in [0.05, 0.1) is 23.1 Å². The van der Waals surface area contributed by atoms with Crippen LogP contribution < -0.4 is 9.47 Å². The van der Waals surface area contributed by atoms with Crippen molar-refractivity contribution in [3.8, 4) is 11.5 Å². The van der Waals surface area contributed by atoms with Crippen LogP contribution in [0.5, 0.6) is 11.5 Å². The Bertz CT molecular complexity index is 994. The predicted molar refractivity (Wildman–Crippen MR) is 132 cm³/mol. The van der Waals surface area contributed by atoms with Crippen molar-refractivity contribution < 1.29 is 48.8 Å². The molecule has 2 nitrogen and oxygen atoms in total. The summed E-state index contributed by atoms with van der Waals surface area (Å²) in [7, 11) is 0. The number of ether oxygens (including phenoxy) is 2. The van der Waals surface area contributed by atoms with Crippen molar-refractivity contribution in [2.24, 2.45) is 0 Å². The fourth-order valence-corrected chi connectivity index (χ4v) is 2.15. The molecule has 0 saturated heterocycles. The molecular weight excluding hydrogens is 532 g/mol. The Balaban J connectivity index is 0.000000468. The van der Waals surface area contributed by atoms with Gasteiger partial charge in [0.25, 0.3) is 0 Å². The zero-order valence-corrected chi connectivity index (χ0v) is 21.9. The molecule has 35 heavy (non-hydrogen) atoms. The Morgan fingerprint density at radius 2 is 0.971 bits per heavy atom. The first-order chi connectivity index (χ1) is 16.2. The van der Waals surface area contributed by atoms with E-state index in [4.69, 9.17) is 9.47 Å². The number of benzene rings is 2. The molecule has 0 bridgehead atoms. The average Bonchev–Trinajstić information content (AvgIpc) is 3.51. The fourth-order valence-electron chi connectivity index (χ4n) is 1.97. The van der Waals surface area contributed by atoms with Crippen LogP contribution in [0.1, 0.15) is 13.8 Å². The van der Waals surface area contributed by atoms with E-state index in [0.717, 1.165) is 24.3 Å². The first-order valence-electron chi connectivity index (χ1n) is 9.64. The van der Waals surface area contributed by atoms with Crippen molar-refractivity contribution in [1.82, 2.24) is 0 Å². The van der Waals surface area contributed by atoms with Crippen LogP contribution in [-0.4, -0.2) is 10.1 Å². The average molecular weight is 552 g/mol. The monoisotopic (exact) mass is 552 g/mol. The van der Waals surface area contributed by atoms with Crippen LogP contribution in [0.3, 0.4) is 0 Å². The first kappa shape index (κ1) is 32.4. The number of rotatable bonds is 2. The third-order valence-electron chi connectivity index (χ3n) is 3.27. The number of hydrogen-bond acceptors (Lipinski definition) is 4. The molecule has 0 aliphatic heterocycles. The molecule has 0 fully saturated rings. The zero-order chi connectivity index (χ0) is 25.3. The van der Waals surface area contributed by atoms with Crippen molar-refractivity contribution in [1.29, 1.82) is 0 Å². The van der Waals surface area contributed by atoms with Gasteiger partial charge in [-0.25, -0.2) is 41.8 Å². The SMILES string of the molecule is CC(=S)Oc1ccc(F)[c-]c1F.CC(=S)Oc1ccc(F)[c-]c1F.[Ti+4].c1cc[cH-]c1.c1cc[cH-]c1. The van der Waals surface area contributed by atoms with Gasteiger partial charge in [0.15, 0.2) is 0 Å². The summed E-state index contributed by atoms with van der Waals surface area (Å²) in [6.07, 6.45) is 0. The molecule has 9 heteroatoms. The summed E-state index contributed by atoms with van der Waals surface area (Å²) in [6, 6.07) is 28.1. The Morgan fingerprint density at radius 1 is 0.657 bits per heavy atom. The van der Waals surface area contributed by atoms with Crippen molar-refractivity contribution in [2.45, 2.75) is 13.8 Å². The molecule has 0 atom stereocenters. The van der Waals surface area contributed by atoms with Gasteiger partial charge in [0, 0.05) is 25.5 Å². The van der Waals surface area contributed by atoms with Crippen LogP contribution >= 0.6 is 24.4 Å². The van der Waals surface area contributed by atoms with Gasteiger partial charge in [0.2, 0.25) is 0 Å². The van der Waals surface area contributed by atoms with Gasteiger partial charge in [-0.15, -0.1) is 36.4 Å². The van der Waals surface area contributed by atoms with E-state index < -0.39 is 23.3 Å². The van der Waals surface area contributed by atoms with Gasteiger partial charge in [-0.3, -0.25) is 0 Å². The largest absolute Gasteiger partial charge is 4.00 e. The minimum atomic E-state index is -0.876. The van der Waals surface area contributed by atoms with Gasteiger partial charge < -0.3 is 9.47 Å². The molecule has 0 heterocycles. The predicted octanol–water partition coefficient (Wildman–Crippen LogP) is 7.79. The Kier molecular flexibility index (Phi) is 17.2. The molecule has 0 N–H and O–H groups in total. The quantitative estimate of drug-likeness (QED) is 0.109. The molecular formula is C26H20F4O2S2Ti. The molecule has 0 amide bonds. The summed E-state index contributed by atoms with van der Waals surface area (Å²) in [4.78, 5) is 0. The van der Waals surface area contributed by atoms with Crippen molar-refractivity contribution in [3.63, 3.8) is 0 Å². The molecule has 0 aliphatic carbocycles. The summed E-state index contributed by atoms with van der Waals surface area (Å²) in [5.41, 5.74) is 0. The number of hydrogen-bond donors (Lipinski definition) is 0. The van der Waals surface area contributed by atoms with Gasteiger partial charge in [-0.1, -0.05) is 0 Å². The van der Waals surface area contributed by atoms with Gasteiger partial charge in [0.1, 0.15) is 10.1 Å². The second-order valence-electron chi connectivity index (χ2n) is 6.08. The van der Waals surface area contributed by atoms with Crippen molar-refractivity contribution in [3.05, 3.63) is 120 Å². The van der Waals surface area contributed by atoms with Crippen LogP contribution in [0.4, 0.5) is 17.6 Å². The third kappa shape index (κ3) is 15.8. The van der Waals surface area contributed by atoms with Gasteiger partial charge in [-0.2, -0.15) is 36.4 Å². The topological polar surface area (TPSA) is 18.5 Å². The van der Waals surface area contributed by atoms with Crippen LogP contribution in [0.2, 0.25) is 0 Å². The Hall–Kier alpha value is -2.65. The van der Waals surface area contributed by atoms with Gasteiger partial charge in [-0.05, 0) is 24.4 Å². The van der Waals surface area contributed by atoms with Crippen LogP contribution in [-0.2, 0) is 21.7 Å². The van der Waals surface area contributed by atoms with E-state index in [2.05, 4.69) is 24.4 Å². The minimum Gasteiger partial charge on any atom is -0.509 e. The summed E-state index contributed by atoms with van der Waals surface area (Å²) in [6.45, 7) is 3.00. The molecule has 0 radical (unpaired) electrons. The first-order valence-corrected chi connectivity index (χ1v) is 10.5. The van der Waals surface area contributed by atoms with E-state index in [9.17, 15) is 17.6 Å². The van der Waals surface area contributed by atoms with E-state index >= 15 is 0 Å². The van der Waals surface area contributed by atoms with Gasteiger partial charge >= 0.3 is 21.7 Å². The Labute approximate surface area is 228 Å². The minimum absolute atomic E-state index is 0. The normalized spacial score (nSPS) is 8.86. The van der Waals surface area contributed by atoms with Crippen LogP contribution in [0, 0.1) is 35.4 Å². The molecule has 4 rings (SSSR count). The summed E-state index contributed by atoms with van der Waals surface area (Å²) in [5.74, 6) is -3.49. The molecule has 0 unspecified atom stereocenters. The Morgan fingerprint density at radius 3 is 1.17 bits per heavy atom. The van der Waals surface area contributed by atoms with Crippen LogP contribution in [0.25, 0.3) is 0 Å². The van der Waals surface area contributed by atoms with Crippen LogP contribution in [0.15, 0.2) is 84.9 Å². The van der Waals surface area contributed by atoms with Crippen molar-refractivity contribution >= 4 is 34.5 Å². The molecule has 4 aromatic carbocycles. The van der Waals surface area contributed by atoms with Crippen molar-refractivity contribution in [2.75, 3.05) is 0 Å². The zero-order valence-electron chi connectivity index (χ0n) is 18.7. The molecule has 180 valence electrons. The molecule has 0 saturated carbocycles. The molecule has 0 aromatic heterocycles. The fraction of sp³-hybridized carbons (Fsp3) is 0.0769. The molecule has 4 aromatic rings. The maximum absolute atomic E-state index is 12.7. The third-order valence-corrected chi connectivity index (χ3v) is 3.44. The molecule has 0 spiro atoms. The second kappa shape index (κ2) is 18.7. The maximum atomic E-state index is 12.7. The summed E-state index contributed by atoms with van der Waals surface area (Å²) in [5, 5.41) is 0.350. The molecule has 0 aliphatic rings. The maximum Gasteiger partial charge on any atom is 4.00 e. The standard InChI is InChI=1S/2C8H5F2OS.2C5H5.Ti/c2*1-5(12)11-8-3-2-6(9)4-7(8)10;2*1-2-4-5-3-1;/h2*2-3H,1H3;2*1-5H;/q4*-1;+4. The number of halogens is 4. The number of thiocarbonyl (C=S) groups is 2.